The minimum atomic E-state index is -0.676. The lowest BCUT2D eigenvalue weighted by Crippen LogP contribution is -2.39. The van der Waals surface area contributed by atoms with Crippen LogP contribution in [0.1, 0.15) is 30.0 Å². The summed E-state index contributed by atoms with van der Waals surface area (Å²) in [6.07, 6.45) is 1.73. The van der Waals surface area contributed by atoms with Gasteiger partial charge in [0.15, 0.2) is 5.69 Å². The molecule has 30 heavy (non-hydrogen) atoms. The molecule has 0 radical (unpaired) electrons. The first-order valence-corrected chi connectivity index (χ1v) is 9.91. The number of nitrogens with one attached hydrogen (secondary N) is 1. The van der Waals surface area contributed by atoms with Gasteiger partial charge in [-0.25, -0.2) is 4.79 Å². The first kappa shape index (κ1) is 21.1. The van der Waals surface area contributed by atoms with E-state index < -0.39 is 11.2 Å². The minimum Gasteiger partial charge on any atom is -0.383 e. The number of carbonyl (C=O) groups is 1. The second kappa shape index (κ2) is 9.26. The molecular formula is C23H26N4O3. The fourth-order valence-corrected chi connectivity index (χ4v) is 3.31. The summed E-state index contributed by atoms with van der Waals surface area (Å²) in [5, 5.41) is 0. The van der Waals surface area contributed by atoms with E-state index in [1.54, 1.807) is 0 Å². The molecule has 0 atom stereocenters. The number of benzene rings is 2. The van der Waals surface area contributed by atoms with Crippen LogP contribution < -0.4 is 21.9 Å². The van der Waals surface area contributed by atoms with Gasteiger partial charge < -0.3 is 10.6 Å². The third-order valence-electron chi connectivity index (χ3n) is 5.17. The second-order valence-electron chi connectivity index (χ2n) is 7.19. The maximum absolute atomic E-state index is 12.7. The van der Waals surface area contributed by atoms with Crippen molar-refractivity contribution in [2.24, 2.45) is 0 Å². The van der Waals surface area contributed by atoms with Crippen LogP contribution in [0.15, 0.2) is 64.2 Å². The predicted molar refractivity (Wildman–Crippen MR) is 119 cm³/mol. The van der Waals surface area contributed by atoms with E-state index in [-0.39, 0.29) is 30.4 Å². The first-order chi connectivity index (χ1) is 14.4. The SMILES string of the molecule is CCc1ccc(CCC(=O)N(C)c2c(N)n(Cc3ccccc3)c(=O)[nH]c2=O)cc1. The van der Waals surface area contributed by atoms with Crippen molar-refractivity contribution in [2.45, 2.75) is 32.7 Å². The number of hydrogen-bond acceptors (Lipinski definition) is 4. The summed E-state index contributed by atoms with van der Waals surface area (Å²) in [4.78, 5) is 40.9. The summed E-state index contributed by atoms with van der Waals surface area (Å²) in [6, 6.07) is 17.4. The first-order valence-electron chi connectivity index (χ1n) is 9.91. The Labute approximate surface area is 174 Å². The van der Waals surface area contributed by atoms with Gasteiger partial charge in [-0.05, 0) is 29.5 Å². The van der Waals surface area contributed by atoms with Crippen molar-refractivity contribution in [3.8, 4) is 0 Å². The monoisotopic (exact) mass is 406 g/mol. The van der Waals surface area contributed by atoms with Gasteiger partial charge >= 0.3 is 5.69 Å². The minimum absolute atomic E-state index is 0.0168. The Kier molecular flexibility index (Phi) is 6.51. The number of hydrogen-bond donors (Lipinski definition) is 2. The molecule has 1 aromatic heterocycles. The molecule has 0 saturated heterocycles. The molecule has 0 aliphatic heterocycles. The molecule has 0 fully saturated rings. The molecule has 1 amide bonds. The summed E-state index contributed by atoms with van der Waals surface area (Å²) in [5.74, 6) is -0.285. The lowest BCUT2D eigenvalue weighted by molar-refractivity contribution is -0.118. The van der Waals surface area contributed by atoms with Crippen molar-refractivity contribution in [2.75, 3.05) is 17.7 Å². The van der Waals surface area contributed by atoms with Crippen molar-refractivity contribution in [3.05, 3.63) is 92.1 Å². The van der Waals surface area contributed by atoms with Crippen LogP contribution in [0.5, 0.6) is 0 Å². The van der Waals surface area contributed by atoms with Crippen LogP contribution in [0.25, 0.3) is 0 Å². The molecule has 0 saturated carbocycles. The number of nitrogens with zero attached hydrogens (tertiary/aromatic N) is 2. The zero-order chi connectivity index (χ0) is 21.7. The number of nitrogen functional groups attached to an aromatic ring is 1. The van der Waals surface area contributed by atoms with Gasteiger partial charge in [0.1, 0.15) is 5.82 Å². The van der Waals surface area contributed by atoms with Gasteiger partial charge in [0, 0.05) is 13.5 Å². The Hall–Kier alpha value is -3.61. The van der Waals surface area contributed by atoms with Gasteiger partial charge in [-0.15, -0.1) is 0 Å². The zero-order valence-corrected chi connectivity index (χ0v) is 17.2. The fraction of sp³-hybridized carbons (Fsp3) is 0.261. The molecule has 3 N–H and O–H groups in total. The maximum atomic E-state index is 12.7. The van der Waals surface area contributed by atoms with E-state index in [1.807, 2.05) is 54.6 Å². The van der Waals surface area contributed by atoms with Crippen molar-refractivity contribution in [3.63, 3.8) is 0 Å². The number of aryl methyl sites for hydroxylation is 2. The molecule has 0 bridgehead atoms. The number of carbonyl (C=O) groups excluding carboxylic acids is 1. The Morgan fingerprint density at radius 3 is 2.27 bits per heavy atom. The Morgan fingerprint density at radius 2 is 1.63 bits per heavy atom. The average Bonchev–Trinajstić information content (AvgIpc) is 2.75. The topological polar surface area (TPSA) is 101 Å². The molecule has 2 aromatic carbocycles. The van der Waals surface area contributed by atoms with Crippen LogP contribution in [-0.2, 0) is 24.2 Å². The molecule has 0 unspecified atom stereocenters. The van der Waals surface area contributed by atoms with Gasteiger partial charge in [-0.2, -0.15) is 0 Å². The number of nitrogens with two attached hydrogens (primary N) is 1. The molecule has 0 aliphatic rings. The Balaban J connectivity index is 1.81. The molecule has 3 aromatic rings. The van der Waals surface area contributed by atoms with Crippen LogP contribution in [0.3, 0.4) is 0 Å². The second-order valence-corrected chi connectivity index (χ2v) is 7.19. The third-order valence-corrected chi connectivity index (χ3v) is 5.17. The van der Waals surface area contributed by atoms with E-state index in [9.17, 15) is 14.4 Å². The van der Waals surface area contributed by atoms with E-state index >= 15 is 0 Å². The van der Waals surface area contributed by atoms with Gasteiger partial charge in [-0.3, -0.25) is 19.1 Å². The van der Waals surface area contributed by atoms with Gasteiger partial charge in [0.05, 0.1) is 6.54 Å². The fourth-order valence-electron chi connectivity index (χ4n) is 3.31. The van der Waals surface area contributed by atoms with Crippen LogP contribution in [0.2, 0.25) is 0 Å². The van der Waals surface area contributed by atoms with E-state index in [0.29, 0.717) is 6.42 Å². The molecule has 0 spiro atoms. The maximum Gasteiger partial charge on any atom is 0.330 e. The number of amides is 1. The van der Waals surface area contributed by atoms with Crippen molar-refractivity contribution >= 4 is 17.4 Å². The Morgan fingerprint density at radius 1 is 1.00 bits per heavy atom. The average molecular weight is 406 g/mol. The van der Waals surface area contributed by atoms with E-state index in [2.05, 4.69) is 11.9 Å². The van der Waals surface area contributed by atoms with E-state index in [4.69, 9.17) is 5.73 Å². The number of H-pyrrole nitrogens is 1. The third kappa shape index (κ3) is 4.68. The highest BCUT2D eigenvalue weighted by Gasteiger charge is 2.21. The van der Waals surface area contributed by atoms with Crippen LogP contribution >= 0.6 is 0 Å². The molecule has 7 heteroatoms. The molecule has 1 heterocycles. The van der Waals surface area contributed by atoms with Crippen LogP contribution in [0.4, 0.5) is 11.5 Å². The summed E-state index contributed by atoms with van der Waals surface area (Å²) in [5.41, 5.74) is 8.00. The predicted octanol–water partition coefficient (Wildman–Crippen LogP) is 2.33. The summed E-state index contributed by atoms with van der Waals surface area (Å²) < 4.78 is 1.26. The van der Waals surface area contributed by atoms with Crippen LogP contribution in [0, 0.1) is 0 Å². The summed E-state index contributed by atoms with van der Waals surface area (Å²) >= 11 is 0. The Bertz CT molecular complexity index is 1130. The highest BCUT2D eigenvalue weighted by atomic mass is 16.2. The summed E-state index contributed by atoms with van der Waals surface area (Å²) in [7, 11) is 1.50. The van der Waals surface area contributed by atoms with Crippen molar-refractivity contribution in [1.82, 2.24) is 9.55 Å². The highest BCUT2D eigenvalue weighted by Crippen LogP contribution is 2.18. The lowest BCUT2D eigenvalue weighted by atomic mass is 10.1. The van der Waals surface area contributed by atoms with Gasteiger partial charge in [0.25, 0.3) is 5.56 Å². The normalized spacial score (nSPS) is 10.7. The number of rotatable bonds is 7. The highest BCUT2D eigenvalue weighted by molar-refractivity contribution is 5.95. The van der Waals surface area contributed by atoms with Gasteiger partial charge in [0.2, 0.25) is 5.91 Å². The zero-order valence-electron chi connectivity index (χ0n) is 17.2. The molecule has 7 nitrogen and oxygen atoms in total. The van der Waals surface area contributed by atoms with Crippen LogP contribution in [-0.4, -0.2) is 22.5 Å². The van der Waals surface area contributed by atoms with E-state index in [0.717, 1.165) is 17.5 Å². The van der Waals surface area contributed by atoms with E-state index in [1.165, 1.54) is 22.1 Å². The number of aromatic nitrogens is 2. The largest absolute Gasteiger partial charge is 0.383 e. The smallest absolute Gasteiger partial charge is 0.330 e. The number of anilines is 2. The molecular weight excluding hydrogens is 380 g/mol. The van der Waals surface area contributed by atoms with Crippen molar-refractivity contribution < 1.29 is 4.79 Å². The standard InChI is InChI=1S/C23H26N4O3/c1-3-16-9-11-17(12-10-16)13-14-19(28)26(2)20-21(24)27(23(30)25-22(20)29)15-18-7-5-4-6-8-18/h4-12H,3,13-15,24H2,1-2H3,(H,25,29,30). The quantitative estimate of drug-likeness (QED) is 0.629. The molecule has 156 valence electrons. The number of aromatic amines is 1. The van der Waals surface area contributed by atoms with Crippen molar-refractivity contribution in [1.29, 1.82) is 0 Å². The molecule has 3 rings (SSSR count). The summed E-state index contributed by atoms with van der Waals surface area (Å²) in [6.45, 7) is 2.29. The lowest BCUT2D eigenvalue weighted by Gasteiger charge is -2.20. The van der Waals surface area contributed by atoms with Gasteiger partial charge in [-0.1, -0.05) is 61.5 Å². The molecule has 0 aliphatic carbocycles.